The number of nitrogens with zero attached hydrogens (tertiary/aromatic N) is 3. The summed E-state index contributed by atoms with van der Waals surface area (Å²) in [7, 11) is 1.60. The number of aryl methyl sites for hydroxylation is 1. The lowest BCUT2D eigenvalue weighted by molar-refractivity contribution is -0.120. The first-order valence-corrected chi connectivity index (χ1v) is 8.71. The molecule has 0 atom stereocenters. The summed E-state index contributed by atoms with van der Waals surface area (Å²) < 4.78 is 6.74. The van der Waals surface area contributed by atoms with Gasteiger partial charge in [-0.25, -0.2) is 10.1 Å². The molecule has 6 nitrogen and oxygen atoms in total. The maximum absolute atomic E-state index is 12.0. The molecule has 0 spiro atoms. The van der Waals surface area contributed by atoms with E-state index in [1.165, 1.54) is 6.21 Å². The number of carbonyl (C=O) groups is 1. The van der Waals surface area contributed by atoms with E-state index in [1.54, 1.807) is 11.8 Å². The molecule has 0 unspecified atom stereocenters. The van der Waals surface area contributed by atoms with Crippen molar-refractivity contribution in [3.05, 3.63) is 76.6 Å². The predicted octanol–water partition coefficient (Wildman–Crippen LogP) is 3.54. The number of amides is 1. The fourth-order valence-electron chi connectivity index (χ4n) is 2.54. The van der Waals surface area contributed by atoms with E-state index in [-0.39, 0.29) is 12.3 Å². The second-order valence-corrected chi connectivity index (χ2v) is 6.21. The number of hydrazone groups is 1. The standard InChI is InChI=1S/C20H19ClN4O2/c1-14-18(20(21)25(24-14)16-6-4-3-5-7-16)13-22-23-19(26)12-15-8-10-17(27-2)11-9-15/h3-11,13H,12H2,1-2H3,(H,23,26). The molecule has 1 N–H and O–H groups in total. The average Bonchev–Trinajstić information content (AvgIpc) is 2.97. The van der Waals surface area contributed by atoms with Crippen LogP contribution in [0.5, 0.6) is 5.75 Å². The third-order valence-electron chi connectivity index (χ3n) is 3.96. The lowest BCUT2D eigenvalue weighted by Crippen LogP contribution is -2.19. The fraction of sp³-hybridized carbons (Fsp3) is 0.150. The van der Waals surface area contributed by atoms with E-state index in [1.807, 2.05) is 61.5 Å². The molecule has 2 aromatic carbocycles. The molecule has 0 aliphatic heterocycles. The highest BCUT2D eigenvalue weighted by Gasteiger charge is 2.13. The number of ether oxygens (including phenoxy) is 1. The molecule has 1 amide bonds. The monoisotopic (exact) mass is 382 g/mol. The molecule has 3 rings (SSSR count). The minimum atomic E-state index is -0.222. The zero-order valence-corrected chi connectivity index (χ0v) is 15.8. The van der Waals surface area contributed by atoms with Crippen molar-refractivity contribution in [1.29, 1.82) is 0 Å². The third-order valence-corrected chi connectivity index (χ3v) is 4.32. The van der Waals surface area contributed by atoms with Gasteiger partial charge in [0, 0.05) is 0 Å². The highest BCUT2D eigenvalue weighted by Crippen LogP contribution is 2.21. The van der Waals surface area contributed by atoms with E-state index in [2.05, 4.69) is 15.6 Å². The van der Waals surface area contributed by atoms with E-state index in [9.17, 15) is 4.79 Å². The molecule has 1 aromatic heterocycles. The Morgan fingerprint density at radius 3 is 2.59 bits per heavy atom. The molecule has 0 bridgehead atoms. The van der Waals surface area contributed by atoms with Gasteiger partial charge in [-0.1, -0.05) is 41.9 Å². The van der Waals surface area contributed by atoms with Crippen LogP contribution in [0, 0.1) is 6.92 Å². The molecule has 27 heavy (non-hydrogen) atoms. The number of para-hydroxylation sites is 1. The van der Waals surface area contributed by atoms with Crippen molar-refractivity contribution in [3.63, 3.8) is 0 Å². The van der Waals surface area contributed by atoms with Crippen LogP contribution in [0.1, 0.15) is 16.8 Å². The van der Waals surface area contributed by atoms with Crippen molar-refractivity contribution >= 4 is 23.7 Å². The summed E-state index contributed by atoms with van der Waals surface area (Å²) in [5, 5.41) is 8.88. The number of methoxy groups -OCH3 is 1. The number of nitrogens with one attached hydrogen (secondary N) is 1. The van der Waals surface area contributed by atoms with Crippen molar-refractivity contribution in [1.82, 2.24) is 15.2 Å². The van der Waals surface area contributed by atoms with Gasteiger partial charge in [0.15, 0.2) is 0 Å². The normalized spacial score (nSPS) is 10.9. The van der Waals surface area contributed by atoms with Gasteiger partial charge in [0.2, 0.25) is 5.91 Å². The third kappa shape index (κ3) is 4.54. The van der Waals surface area contributed by atoms with E-state index >= 15 is 0 Å². The van der Waals surface area contributed by atoms with Gasteiger partial charge in [-0.05, 0) is 36.8 Å². The molecule has 0 aliphatic rings. The Morgan fingerprint density at radius 1 is 1.22 bits per heavy atom. The molecule has 0 saturated carbocycles. The molecule has 138 valence electrons. The Hall–Kier alpha value is -3.12. The van der Waals surface area contributed by atoms with Crippen LogP contribution in [0.2, 0.25) is 5.15 Å². The van der Waals surface area contributed by atoms with Gasteiger partial charge in [-0.3, -0.25) is 4.79 Å². The van der Waals surface area contributed by atoms with Gasteiger partial charge in [0.1, 0.15) is 10.9 Å². The molecule has 0 saturated heterocycles. The van der Waals surface area contributed by atoms with Crippen LogP contribution in [-0.4, -0.2) is 29.0 Å². The number of halogens is 1. The molecule has 0 fully saturated rings. The van der Waals surface area contributed by atoms with E-state index in [4.69, 9.17) is 16.3 Å². The smallest absolute Gasteiger partial charge is 0.244 e. The number of carbonyl (C=O) groups excluding carboxylic acids is 1. The molecular weight excluding hydrogens is 364 g/mol. The van der Waals surface area contributed by atoms with Crippen LogP contribution in [0.15, 0.2) is 59.7 Å². The van der Waals surface area contributed by atoms with Crippen molar-refractivity contribution in [3.8, 4) is 11.4 Å². The number of benzene rings is 2. The maximum atomic E-state index is 12.0. The summed E-state index contributed by atoms with van der Waals surface area (Å²) in [6.07, 6.45) is 1.73. The highest BCUT2D eigenvalue weighted by atomic mass is 35.5. The molecule has 3 aromatic rings. The first-order valence-electron chi connectivity index (χ1n) is 8.34. The van der Waals surface area contributed by atoms with Crippen LogP contribution >= 0.6 is 11.6 Å². The fourth-order valence-corrected chi connectivity index (χ4v) is 2.86. The van der Waals surface area contributed by atoms with Crippen molar-refractivity contribution in [2.75, 3.05) is 7.11 Å². The Balaban J connectivity index is 1.65. The van der Waals surface area contributed by atoms with Gasteiger partial charge >= 0.3 is 0 Å². The van der Waals surface area contributed by atoms with E-state index in [0.717, 1.165) is 22.7 Å². The highest BCUT2D eigenvalue weighted by molar-refractivity contribution is 6.32. The summed E-state index contributed by atoms with van der Waals surface area (Å²) in [5.41, 5.74) is 5.62. The van der Waals surface area contributed by atoms with Crippen molar-refractivity contribution in [2.45, 2.75) is 13.3 Å². The summed E-state index contributed by atoms with van der Waals surface area (Å²) in [6.45, 7) is 1.84. The van der Waals surface area contributed by atoms with Crippen LogP contribution in [0.4, 0.5) is 0 Å². The zero-order valence-electron chi connectivity index (χ0n) is 15.0. The Labute approximate surface area is 162 Å². The van der Waals surface area contributed by atoms with Crippen LogP contribution in [0.25, 0.3) is 5.69 Å². The van der Waals surface area contributed by atoms with Crippen molar-refractivity contribution in [2.24, 2.45) is 5.10 Å². The van der Waals surface area contributed by atoms with Crippen LogP contribution < -0.4 is 10.2 Å². The first kappa shape index (κ1) is 18.7. The molecule has 0 aliphatic carbocycles. The van der Waals surface area contributed by atoms with Gasteiger partial charge in [-0.2, -0.15) is 10.2 Å². The summed E-state index contributed by atoms with van der Waals surface area (Å²) in [6, 6.07) is 16.9. The second-order valence-electron chi connectivity index (χ2n) is 5.86. The largest absolute Gasteiger partial charge is 0.497 e. The number of hydrogen-bond donors (Lipinski definition) is 1. The minimum Gasteiger partial charge on any atom is -0.497 e. The SMILES string of the molecule is COc1ccc(CC(=O)NN=Cc2c(C)nn(-c3ccccc3)c2Cl)cc1. The Bertz CT molecular complexity index is 950. The van der Waals surface area contributed by atoms with Crippen LogP contribution in [0.3, 0.4) is 0 Å². The minimum absolute atomic E-state index is 0.220. The van der Waals surface area contributed by atoms with E-state index in [0.29, 0.717) is 10.7 Å². The van der Waals surface area contributed by atoms with Crippen molar-refractivity contribution < 1.29 is 9.53 Å². The summed E-state index contributed by atoms with van der Waals surface area (Å²) >= 11 is 6.42. The van der Waals surface area contributed by atoms with E-state index < -0.39 is 0 Å². The lowest BCUT2D eigenvalue weighted by Gasteiger charge is -2.03. The second kappa shape index (κ2) is 8.51. The topological polar surface area (TPSA) is 68.5 Å². The quantitative estimate of drug-likeness (QED) is 0.523. The van der Waals surface area contributed by atoms with Crippen LogP contribution in [-0.2, 0) is 11.2 Å². The average molecular weight is 383 g/mol. The maximum Gasteiger partial charge on any atom is 0.244 e. The Morgan fingerprint density at radius 2 is 1.93 bits per heavy atom. The number of aromatic nitrogens is 2. The Kier molecular flexibility index (Phi) is 5.88. The first-order chi connectivity index (χ1) is 13.1. The van der Waals surface area contributed by atoms with Gasteiger partial charge < -0.3 is 4.74 Å². The summed E-state index contributed by atoms with van der Waals surface area (Å²) in [5.74, 6) is 0.526. The molecule has 1 heterocycles. The molecule has 0 radical (unpaired) electrons. The number of rotatable bonds is 6. The zero-order chi connectivity index (χ0) is 19.2. The lowest BCUT2D eigenvalue weighted by atomic mass is 10.1. The van der Waals surface area contributed by atoms with Gasteiger partial charge in [-0.15, -0.1) is 0 Å². The van der Waals surface area contributed by atoms with Gasteiger partial charge in [0.05, 0.1) is 36.7 Å². The summed E-state index contributed by atoms with van der Waals surface area (Å²) in [4.78, 5) is 12.0. The van der Waals surface area contributed by atoms with Gasteiger partial charge in [0.25, 0.3) is 0 Å². The number of hydrogen-bond acceptors (Lipinski definition) is 4. The molecule has 7 heteroatoms. The predicted molar refractivity (Wildman–Crippen MR) is 106 cm³/mol. The molecular formula is C20H19ClN4O2.